The summed E-state index contributed by atoms with van der Waals surface area (Å²) in [6, 6.07) is 7.50. The lowest BCUT2D eigenvalue weighted by Gasteiger charge is -2.22. The van der Waals surface area contributed by atoms with Gasteiger partial charge in [-0.15, -0.1) is 0 Å². The van der Waals surface area contributed by atoms with Crippen LogP contribution in [0.25, 0.3) is 0 Å². The van der Waals surface area contributed by atoms with Gasteiger partial charge in [0, 0.05) is 0 Å². The van der Waals surface area contributed by atoms with E-state index in [0.29, 0.717) is 5.92 Å². The van der Waals surface area contributed by atoms with Crippen LogP contribution in [0.3, 0.4) is 0 Å². The number of carbonyl (C=O) groups is 2. The molecule has 1 aromatic carbocycles. The quantitative estimate of drug-likeness (QED) is 0.785. The highest BCUT2D eigenvalue weighted by Crippen LogP contribution is 2.18. The number of hydrogen-bond acceptors (Lipinski definition) is 3. The molecule has 0 saturated heterocycles. The van der Waals surface area contributed by atoms with Gasteiger partial charge in [-0.3, -0.25) is 4.79 Å². The van der Waals surface area contributed by atoms with Crippen LogP contribution in [0.15, 0.2) is 24.3 Å². The second-order valence-corrected chi connectivity index (χ2v) is 6.81. The monoisotopic (exact) mass is 319 g/mol. The van der Waals surface area contributed by atoms with E-state index in [0.717, 1.165) is 12.0 Å². The minimum atomic E-state index is -0.616. The second kappa shape index (κ2) is 8.70. The Morgan fingerprint density at radius 2 is 1.61 bits per heavy atom. The lowest BCUT2D eigenvalue weighted by molar-refractivity contribution is -0.146. The molecule has 0 aliphatic heterocycles. The third-order valence-corrected chi connectivity index (χ3v) is 3.94. The lowest BCUT2D eigenvalue weighted by Crippen LogP contribution is -2.46. The molecule has 0 fully saturated rings. The summed E-state index contributed by atoms with van der Waals surface area (Å²) >= 11 is 0. The zero-order valence-corrected chi connectivity index (χ0v) is 15.1. The van der Waals surface area contributed by atoms with E-state index < -0.39 is 12.0 Å². The Balaban J connectivity index is 2.77. The average Bonchev–Trinajstić information content (AvgIpc) is 2.50. The van der Waals surface area contributed by atoms with Gasteiger partial charge in [-0.25, -0.2) is 4.79 Å². The minimum Gasteiger partial charge on any atom is -0.467 e. The zero-order valence-electron chi connectivity index (χ0n) is 15.1. The molecule has 1 rings (SSSR count). The number of carbonyl (C=O) groups excluding carboxylic acids is 2. The Hall–Kier alpha value is -1.84. The second-order valence-electron chi connectivity index (χ2n) is 6.81. The summed E-state index contributed by atoms with van der Waals surface area (Å²) in [5.74, 6) is -0.298. The van der Waals surface area contributed by atoms with Gasteiger partial charge in [-0.05, 0) is 36.3 Å². The van der Waals surface area contributed by atoms with Crippen LogP contribution in [0.2, 0.25) is 0 Å². The molecule has 2 atom stereocenters. The Morgan fingerprint density at radius 3 is 2.04 bits per heavy atom. The number of methoxy groups -OCH3 is 1. The summed E-state index contributed by atoms with van der Waals surface area (Å²) in [6.07, 6.45) is 1.03. The number of nitrogens with one attached hydrogen (secondary N) is 1. The fourth-order valence-corrected chi connectivity index (χ4v) is 2.47. The van der Waals surface area contributed by atoms with Gasteiger partial charge in [0.1, 0.15) is 6.04 Å². The fraction of sp³-hybridized carbons (Fsp3) is 0.579. The summed E-state index contributed by atoms with van der Waals surface area (Å²) in [5.41, 5.74) is 2.22. The van der Waals surface area contributed by atoms with E-state index in [2.05, 4.69) is 31.3 Å². The van der Waals surface area contributed by atoms with Gasteiger partial charge in [0.2, 0.25) is 5.91 Å². The smallest absolute Gasteiger partial charge is 0.328 e. The molecule has 0 heterocycles. The van der Waals surface area contributed by atoms with Gasteiger partial charge in [0.25, 0.3) is 0 Å². The molecule has 128 valence electrons. The maximum atomic E-state index is 12.4. The number of rotatable bonds is 7. The highest BCUT2D eigenvalue weighted by Gasteiger charge is 2.27. The first-order valence-electron chi connectivity index (χ1n) is 8.23. The summed E-state index contributed by atoms with van der Waals surface area (Å²) < 4.78 is 4.76. The molecule has 4 heteroatoms. The van der Waals surface area contributed by atoms with Gasteiger partial charge in [0.15, 0.2) is 0 Å². The summed E-state index contributed by atoms with van der Waals surface area (Å²) in [6.45, 7) is 9.98. The third kappa shape index (κ3) is 5.70. The van der Waals surface area contributed by atoms with Crippen molar-refractivity contribution in [3.8, 4) is 0 Å². The van der Waals surface area contributed by atoms with Crippen LogP contribution in [0, 0.1) is 11.8 Å². The number of esters is 1. The summed E-state index contributed by atoms with van der Waals surface area (Å²) in [7, 11) is 1.33. The number of hydrogen-bond donors (Lipinski definition) is 1. The molecular formula is C19H29NO3. The van der Waals surface area contributed by atoms with Gasteiger partial charge in [-0.1, -0.05) is 52.0 Å². The van der Waals surface area contributed by atoms with Crippen molar-refractivity contribution in [2.75, 3.05) is 7.11 Å². The molecule has 0 aromatic heterocycles. The van der Waals surface area contributed by atoms with Gasteiger partial charge in [0.05, 0.1) is 13.0 Å². The first kappa shape index (κ1) is 19.2. The normalized spacial score (nSPS) is 13.7. The van der Waals surface area contributed by atoms with Crippen LogP contribution < -0.4 is 5.32 Å². The largest absolute Gasteiger partial charge is 0.467 e. The van der Waals surface area contributed by atoms with Gasteiger partial charge >= 0.3 is 5.97 Å². The van der Waals surface area contributed by atoms with Crippen molar-refractivity contribution < 1.29 is 14.3 Å². The predicted octanol–water partition coefficient (Wildman–Crippen LogP) is 3.30. The number of amides is 1. The fourth-order valence-electron chi connectivity index (χ4n) is 2.47. The molecule has 1 unspecified atom stereocenters. The Labute approximate surface area is 139 Å². The molecule has 4 nitrogen and oxygen atoms in total. The summed E-state index contributed by atoms with van der Waals surface area (Å²) in [4.78, 5) is 24.2. The van der Waals surface area contributed by atoms with Crippen LogP contribution in [0.4, 0.5) is 0 Å². The molecule has 0 bridgehead atoms. The first-order valence-corrected chi connectivity index (χ1v) is 8.23. The van der Waals surface area contributed by atoms with Crippen LogP contribution in [-0.2, 0) is 20.7 Å². The van der Waals surface area contributed by atoms with Crippen molar-refractivity contribution >= 4 is 11.9 Å². The highest BCUT2D eigenvalue weighted by atomic mass is 16.5. The van der Waals surface area contributed by atoms with Gasteiger partial charge < -0.3 is 10.1 Å². The first-order chi connectivity index (χ1) is 10.8. The SMILES string of the molecule is COC(=O)[C@@H](NC(=O)C(C)c1ccc(CC(C)C)cc1)C(C)C. The van der Waals surface area contributed by atoms with Crippen molar-refractivity contribution in [3.63, 3.8) is 0 Å². The van der Waals surface area contributed by atoms with Crippen molar-refractivity contribution in [1.82, 2.24) is 5.32 Å². The number of ether oxygens (including phenoxy) is 1. The van der Waals surface area contributed by atoms with Crippen LogP contribution >= 0.6 is 0 Å². The van der Waals surface area contributed by atoms with Crippen LogP contribution in [0.5, 0.6) is 0 Å². The molecule has 0 aliphatic carbocycles. The van der Waals surface area contributed by atoms with Crippen LogP contribution in [0.1, 0.15) is 51.7 Å². The number of benzene rings is 1. The Bertz CT molecular complexity index is 520. The van der Waals surface area contributed by atoms with E-state index in [9.17, 15) is 9.59 Å². The Kier molecular flexibility index (Phi) is 7.27. The van der Waals surface area contributed by atoms with E-state index in [1.54, 1.807) is 0 Å². The van der Waals surface area contributed by atoms with Crippen molar-refractivity contribution in [1.29, 1.82) is 0 Å². The molecule has 1 aromatic rings. The van der Waals surface area contributed by atoms with E-state index in [4.69, 9.17) is 4.74 Å². The van der Waals surface area contributed by atoms with Crippen molar-refractivity contribution in [2.45, 2.75) is 53.0 Å². The molecular weight excluding hydrogens is 290 g/mol. The third-order valence-electron chi connectivity index (χ3n) is 3.94. The molecule has 0 aliphatic rings. The summed E-state index contributed by atoms with van der Waals surface area (Å²) in [5, 5.41) is 2.80. The molecule has 1 amide bonds. The lowest BCUT2D eigenvalue weighted by atomic mass is 9.95. The van der Waals surface area contributed by atoms with E-state index >= 15 is 0 Å². The topological polar surface area (TPSA) is 55.4 Å². The van der Waals surface area contributed by atoms with Gasteiger partial charge in [-0.2, -0.15) is 0 Å². The van der Waals surface area contributed by atoms with E-state index in [-0.39, 0.29) is 17.7 Å². The molecule has 1 N–H and O–H groups in total. The molecule has 0 spiro atoms. The maximum absolute atomic E-state index is 12.4. The van der Waals surface area contributed by atoms with Crippen molar-refractivity contribution in [2.24, 2.45) is 11.8 Å². The standard InChI is InChI=1S/C19H29NO3/c1-12(2)11-15-7-9-16(10-8-15)14(5)18(21)20-17(13(3)4)19(22)23-6/h7-10,12-14,17H,11H2,1-6H3,(H,20,21)/t14?,17-/m0/s1. The maximum Gasteiger partial charge on any atom is 0.328 e. The average molecular weight is 319 g/mol. The highest BCUT2D eigenvalue weighted by molar-refractivity contribution is 5.88. The van der Waals surface area contributed by atoms with E-state index in [1.807, 2.05) is 32.9 Å². The predicted molar refractivity (Wildman–Crippen MR) is 92.2 cm³/mol. The zero-order chi connectivity index (χ0) is 17.6. The molecule has 0 radical (unpaired) electrons. The molecule has 23 heavy (non-hydrogen) atoms. The molecule has 0 saturated carbocycles. The Morgan fingerprint density at radius 1 is 1.04 bits per heavy atom. The van der Waals surface area contributed by atoms with E-state index in [1.165, 1.54) is 12.7 Å². The van der Waals surface area contributed by atoms with Crippen molar-refractivity contribution in [3.05, 3.63) is 35.4 Å². The minimum absolute atomic E-state index is 0.0213. The van der Waals surface area contributed by atoms with Crippen LogP contribution in [-0.4, -0.2) is 25.0 Å².